The molecule has 2 aromatic carbocycles. The molecule has 2 amide bonds. The normalized spacial score (nSPS) is 14.7. The van der Waals surface area contributed by atoms with Gasteiger partial charge in [-0.25, -0.2) is 0 Å². The van der Waals surface area contributed by atoms with Crippen LogP contribution in [-0.4, -0.2) is 72.8 Å². The number of carbonyl (C=O) groups excluding carboxylic acids is 2. The molecule has 0 aromatic heterocycles. The van der Waals surface area contributed by atoms with Crippen molar-refractivity contribution in [2.75, 3.05) is 51.6 Å². The first-order chi connectivity index (χ1) is 14.4. The van der Waals surface area contributed by atoms with Gasteiger partial charge in [-0.15, -0.1) is 0 Å². The van der Waals surface area contributed by atoms with Crippen LogP contribution in [0.1, 0.15) is 16.7 Å². The zero-order chi connectivity index (χ0) is 21.5. The second-order valence-electron chi connectivity index (χ2n) is 8.13. The number of hydrogen-bond acceptors (Lipinski definition) is 4. The van der Waals surface area contributed by atoms with Crippen LogP contribution in [0, 0.1) is 13.8 Å². The molecule has 30 heavy (non-hydrogen) atoms. The third-order valence-electron chi connectivity index (χ3n) is 5.54. The molecule has 1 aliphatic heterocycles. The van der Waals surface area contributed by atoms with E-state index in [2.05, 4.69) is 34.5 Å². The summed E-state index contributed by atoms with van der Waals surface area (Å²) in [5.41, 5.74) is 4.23. The van der Waals surface area contributed by atoms with Gasteiger partial charge in [0.2, 0.25) is 11.8 Å². The molecule has 160 valence electrons. The number of benzene rings is 2. The number of nitrogens with one attached hydrogen (secondary N) is 1. The number of piperazine rings is 1. The Bertz CT molecular complexity index is 841. The Kier molecular flexibility index (Phi) is 7.60. The fraction of sp³-hybridized carbons (Fsp3) is 0.417. The highest BCUT2D eigenvalue weighted by Gasteiger charge is 2.22. The molecule has 6 nitrogen and oxygen atoms in total. The molecule has 3 rings (SSSR count). The van der Waals surface area contributed by atoms with Gasteiger partial charge in [0.25, 0.3) is 0 Å². The first kappa shape index (κ1) is 22.0. The summed E-state index contributed by atoms with van der Waals surface area (Å²) in [6.07, 6.45) is 0. The molecule has 6 heteroatoms. The van der Waals surface area contributed by atoms with Gasteiger partial charge in [-0.2, -0.15) is 0 Å². The van der Waals surface area contributed by atoms with E-state index in [1.165, 1.54) is 5.56 Å². The van der Waals surface area contributed by atoms with Gasteiger partial charge in [-0.3, -0.25) is 19.4 Å². The largest absolute Gasteiger partial charge is 0.339 e. The summed E-state index contributed by atoms with van der Waals surface area (Å²) >= 11 is 0. The van der Waals surface area contributed by atoms with E-state index >= 15 is 0 Å². The molecule has 0 radical (unpaired) electrons. The Morgan fingerprint density at radius 3 is 2.17 bits per heavy atom. The van der Waals surface area contributed by atoms with Gasteiger partial charge in [-0.1, -0.05) is 48.5 Å². The van der Waals surface area contributed by atoms with Crippen molar-refractivity contribution in [2.45, 2.75) is 20.4 Å². The second kappa shape index (κ2) is 10.4. The lowest BCUT2D eigenvalue weighted by atomic mass is 10.1. The molecule has 0 bridgehead atoms. The average molecular weight is 409 g/mol. The highest BCUT2D eigenvalue weighted by molar-refractivity contribution is 5.94. The van der Waals surface area contributed by atoms with Crippen molar-refractivity contribution < 1.29 is 9.59 Å². The van der Waals surface area contributed by atoms with E-state index in [1.807, 2.05) is 50.1 Å². The van der Waals surface area contributed by atoms with Crippen LogP contribution >= 0.6 is 0 Å². The smallest absolute Gasteiger partial charge is 0.238 e. The van der Waals surface area contributed by atoms with Crippen molar-refractivity contribution in [3.63, 3.8) is 0 Å². The summed E-state index contributed by atoms with van der Waals surface area (Å²) in [5.74, 6) is -0.0212. The Balaban J connectivity index is 1.42. The topological polar surface area (TPSA) is 55.9 Å². The SMILES string of the molecule is Cc1cccc(C)c1NC(=O)CN(C)CC(=O)N1CCN(Cc2ccccc2)CC1. The van der Waals surface area contributed by atoms with Crippen LogP contribution in [0.15, 0.2) is 48.5 Å². The molecule has 2 aromatic rings. The Morgan fingerprint density at radius 2 is 1.53 bits per heavy atom. The molecule has 0 atom stereocenters. The van der Waals surface area contributed by atoms with Crippen molar-refractivity contribution in [1.82, 2.24) is 14.7 Å². The summed E-state index contributed by atoms with van der Waals surface area (Å²) in [7, 11) is 1.81. The fourth-order valence-electron chi connectivity index (χ4n) is 3.82. The Morgan fingerprint density at radius 1 is 0.900 bits per heavy atom. The van der Waals surface area contributed by atoms with Crippen LogP contribution < -0.4 is 5.32 Å². The minimum atomic E-state index is -0.101. The number of carbonyl (C=O) groups is 2. The van der Waals surface area contributed by atoms with Crippen LogP contribution in [0.5, 0.6) is 0 Å². The lowest BCUT2D eigenvalue weighted by Gasteiger charge is -2.35. The van der Waals surface area contributed by atoms with Crippen LogP contribution in [0.2, 0.25) is 0 Å². The zero-order valence-corrected chi connectivity index (χ0v) is 18.2. The molecule has 0 spiro atoms. The third kappa shape index (κ3) is 6.15. The van der Waals surface area contributed by atoms with E-state index in [0.717, 1.165) is 49.5 Å². The number of hydrogen-bond donors (Lipinski definition) is 1. The predicted octanol–water partition coefficient (Wildman–Crippen LogP) is 2.52. The van der Waals surface area contributed by atoms with Crippen LogP contribution in [0.25, 0.3) is 0 Å². The highest BCUT2D eigenvalue weighted by atomic mass is 16.2. The molecule has 0 saturated carbocycles. The molecule has 0 aliphatic carbocycles. The minimum Gasteiger partial charge on any atom is -0.339 e. The fourth-order valence-corrected chi connectivity index (χ4v) is 3.82. The summed E-state index contributed by atoms with van der Waals surface area (Å²) in [6, 6.07) is 16.3. The van der Waals surface area contributed by atoms with E-state index in [1.54, 1.807) is 4.90 Å². The highest BCUT2D eigenvalue weighted by Crippen LogP contribution is 2.19. The number of likely N-dealkylation sites (N-methyl/N-ethyl adjacent to an activating group) is 1. The number of para-hydroxylation sites is 1. The summed E-state index contributed by atoms with van der Waals surface area (Å²) < 4.78 is 0. The number of aryl methyl sites for hydroxylation is 2. The lowest BCUT2D eigenvalue weighted by Crippen LogP contribution is -2.51. The maximum absolute atomic E-state index is 12.7. The zero-order valence-electron chi connectivity index (χ0n) is 18.2. The van der Waals surface area contributed by atoms with E-state index in [9.17, 15) is 9.59 Å². The molecule has 1 N–H and O–H groups in total. The van der Waals surface area contributed by atoms with E-state index in [-0.39, 0.29) is 24.9 Å². The van der Waals surface area contributed by atoms with Gasteiger partial charge < -0.3 is 10.2 Å². The number of rotatable bonds is 7. The quantitative estimate of drug-likeness (QED) is 0.765. The Labute approximate surface area is 179 Å². The molecular weight excluding hydrogens is 376 g/mol. The van der Waals surface area contributed by atoms with Crippen LogP contribution in [0.3, 0.4) is 0 Å². The molecule has 1 fully saturated rings. The predicted molar refractivity (Wildman–Crippen MR) is 120 cm³/mol. The van der Waals surface area contributed by atoms with E-state index < -0.39 is 0 Å². The maximum Gasteiger partial charge on any atom is 0.238 e. The Hall–Kier alpha value is -2.70. The first-order valence-corrected chi connectivity index (χ1v) is 10.5. The van der Waals surface area contributed by atoms with Crippen molar-refractivity contribution in [3.05, 3.63) is 65.2 Å². The van der Waals surface area contributed by atoms with Gasteiger partial charge in [0.05, 0.1) is 13.1 Å². The molecule has 1 heterocycles. The van der Waals surface area contributed by atoms with Crippen molar-refractivity contribution in [1.29, 1.82) is 0 Å². The van der Waals surface area contributed by atoms with Crippen molar-refractivity contribution >= 4 is 17.5 Å². The van der Waals surface area contributed by atoms with Crippen molar-refractivity contribution in [2.24, 2.45) is 0 Å². The van der Waals surface area contributed by atoms with Crippen molar-refractivity contribution in [3.8, 4) is 0 Å². The summed E-state index contributed by atoms with van der Waals surface area (Å²) in [4.78, 5) is 31.1. The lowest BCUT2D eigenvalue weighted by molar-refractivity contribution is -0.134. The third-order valence-corrected chi connectivity index (χ3v) is 5.54. The maximum atomic E-state index is 12.7. The molecular formula is C24H32N4O2. The van der Waals surface area contributed by atoms with Crippen LogP contribution in [-0.2, 0) is 16.1 Å². The minimum absolute atomic E-state index is 0.0803. The van der Waals surface area contributed by atoms with Gasteiger partial charge in [0, 0.05) is 38.4 Å². The number of anilines is 1. The summed E-state index contributed by atoms with van der Waals surface area (Å²) in [5, 5.41) is 2.98. The average Bonchev–Trinajstić information content (AvgIpc) is 2.72. The second-order valence-corrected chi connectivity index (χ2v) is 8.13. The van der Waals surface area contributed by atoms with Gasteiger partial charge in [-0.05, 0) is 37.6 Å². The molecule has 1 saturated heterocycles. The summed E-state index contributed by atoms with van der Waals surface area (Å²) in [6.45, 7) is 8.52. The van der Waals surface area contributed by atoms with Crippen LogP contribution in [0.4, 0.5) is 5.69 Å². The number of nitrogens with zero attached hydrogens (tertiary/aromatic N) is 3. The molecule has 1 aliphatic rings. The monoisotopic (exact) mass is 408 g/mol. The molecule has 0 unspecified atom stereocenters. The van der Waals surface area contributed by atoms with Gasteiger partial charge in [0.1, 0.15) is 0 Å². The van der Waals surface area contributed by atoms with E-state index in [0.29, 0.717) is 0 Å². The standard InChI is InChI=1S/C24H32N4O2/c1-19-8-7-9-20(2)24(19)25-22(29)17-26(3)18-23(30)28-14-12-27(13-15-28)16-21-10-5-4-6-11-21/h4-11H,12-18H2,1-3H3,(H,25,29). The van der Waals surface area contributed by atoms with E-state index in [4.69, 9.17) is 0 Å². The van der Waals surface area contributed by atoms with Gasteiger partial charge in [0.15, 0.2) is 0 Å². The van der Waals surface area contributed by atoms with Gasteiger partial charge >= 0.3 is 0 Å². The first-order valence-electron chi connectivity index (χ1n) is 10.5. The number of amides is 2.